The highest BCUT2D eigenvalue weighted by Crippen LogP contribution is 2.21. The van der Waals surface area contributed by atoms with Gasteiger partial charge in [0, 0.05) is 12.7 Å². The van der Waals surface area contributed by atoms with E-state index in [0.717, 1.165) is 22.4 Å². The molecule has 1 amide bonds. The van der Waals surface area contributed by atoms with Gasteiger partial charge in [0.25, 0.3) is 5.56 Å². The maximum Gasteiger partial charge on any atom is 0.261 e. The zero-order valence-corrected chi connectivity index (χ0v) is 16.1. The van der Waals surface area contributed by atoms with Crippen LogP contribution in [0.2, 0.25) is 0 Å². The quantitative estimate of drug-likeness (QED) is 0.565. The molecule has 0 fully saturated rings. The summed E-state index contributed by atoms with van der Waals surface area (Å²) in [4.78, 5) is 29.4. The average Bonchev–Trinajstić information content (AvgIpc) is 2.61. The molecule has 3 aromatic rings. The Morgan fingerprint density at radius 1 is 1.15 bits per heavy atom. The number of hydrogen-bond donors (Lipinski definition) is 1. The topological polar surface area (TPSA) is 64.0 Å². The van der Waals surface area contributed by atoms with Gasteiger partial charge in [-0.3, -0.25) is 14.2 Å². The van der Waals surface area contributed by atoms with Gasteiger partial charge in [-0.2, -0.15) is 0 Å². The van der Waals surface area contributed by atoms with Crippen LogP contribution in [0.1, 0.15) is 16.7 Å². The molecule has 0 saturated heterocycles. The van der Waals surface area contributed by atoms with E-state index < -0.39 is 0 Å². The molecule has 0 radical (unpaired) electrons. The van der Waals surface area contributed by atoms with E-state index in [1.54, 1.807) is 7.05 Å². The third-order valence-electron chi connectivity index (χ3n) is 4.27. The third kappa shape index (κ3) is 3.65. The largest absolute Gasteiger partial charge is 0.325 e. The molecule has 0 bridgehead atoms. The predicted molar refractivity (Wildman–Crippen MR) is 107 cm³/mol. The fourth-order valence-corrected chi connectivity index (χ4v) is 3.58. The van der Waals surface area contributed by atoms with Gasteiger partial charge in [-0.1, -0.05) is 41.6 Å². The number of para-hydroxylation sites is 1. The molecule has 5 nitrogen and oxygen atoms in total. The van der Waals surface area contributed by atoms with Crippen LogP contribution in [0.4, 0.5) is 5.69 Å². The number of hydrogen-bond acceptors (Lipinski definition) is 4. The molecule has 0 unspecified atom stereocenters. The van der Waals surface area contributed by atoms with E-state index in [-0.39, 0.29) is 17.2 Å². The second-order valence-corrected chi connectivity index (χ2v) is 7.33. The van der Waals surface area contributed by atoms with Crippen LogP contribution < -0.4 is 10.9 Å². The van der Waals surface area contributed by atoms with Gasteiger partial charge >= 0.3 is 0 Å². The Morgan fingerprint density at radius 2 is 1.85 bits per heavy atom. The van der Waals surface area contributed by atoms with Gasteiger partial charge in [0.1, 0.15) is 0 Å². The number of anilines is 1. The van der Waals surface area contributed by atoms with Crippen molar-refractivity contribution in [1.29, 1.82) is 0 Å². The summed E-state index contributed by atoms with van der Waals surface area (Å²) >= 11 is 1.26. The molecule has 0 atom stereocenters. The standard InChI is InChI=1S/C20H21N3O2S/c1-12-8-9-16-15(10-12)19(25)23(4)20(21-16)26-11-17(24)22-18-13(2)6-5-7-14(18)3/h5-10H,11H2,1-4H3,(H,22,24). The van der Waals surface area contributed by atoms with Crippen molar-refractivity contribution in [3.05, 3.63) is 63.4 Å². The molecular formula is C20H21N3O2S. The Hall–Kier alpha value is -2.60. The van der Waals surface area contributed by atoms with Crippen molar-refractivity contribution >= 4 is 34.3 Å². The van der Waals surface area contributed by atoms with Crippen LogP contribution in [0, 0.1) is 20.8 Å². The van der Waals surface area contributed by atoms with E-state index in [0.29, 0.717) is 16.1 Å². The Bertz CT molecular complexity index is 1040. The molecule has 0 spiro atoms. The van der Waals surface area contributed by atoms with E-state index in [1.807, 2.05) is 57.2 Å². The Labute approximate surface area is 156 Å². The van der Waals surface area contributed by atoms with E-state index in [2.05, 4.69) is 10.3 Å². The summed E-state index contributed by atoms with van der Waals surface area (Å²) in [6.45, 7) is 5.87. The maximum atomic E-state index is 12.5. The number of aryl methyl sites for hydroxylation is 3. The van der Waals surface area contributed by atoms with Gasteiger partial charge in [0.05, 0.1) is 16.7 Å². The lowest BCUT2D eigenvalue weighted by atomic mass is 10.1. The normalized spacial score (nSPS) is 10.9. The van der Waals surface area contributed by atoms with Crippen molar-refractivity contribution in [1.82, 2.24) is 9.55 Å². The van der Waals surface area contributed by atoms with Crippen molar-refractivity contribution in [2.75, 3.05) is 11.1 Å². The summed E-state index contributed by atoms with van der Waals surface area (Å²) in [7, 11) is 1.68. The van der Waals surface area contributed by atoms with Crippen molar-refractivity contribution in [3.8, 4) is 0 Å². The first-order valence-electron chi connectivity index (χ1n) is 8.33. The molecule has 2 aromatic carbocycles. The van der Waals surface area contributed by atoms with E-state index in [4.69, 9.17) is 0 Å². The smallest absolute Gasteiger partial charge is 0.261 e. The molecule has 0 aliphatic carbocycles. The SMILES string of the molecule is Cc1ccc2nc(SCC(=O)Nc3c(C)cccc3C)n(C)c(=O)c2c1. The number of nitrogens with zero attached hydrogens (tertiary/aromatic N) is 2. The minimum Gasteiger partial charge on any atom is -0.325 e. The molecule has 1 N–H and O–H groups in total. The average molecular weight is 367 g/mol. The fourth-order valence-electron chi connectivity index (χ4n) is 2.81. The Balaban J connectivity index is 1.79. The van der Waals surface area contributed by atoms with Crippen molar-refractivity contribution in [2.45, 2.75) is 25.9 Å². The number of carbonyl (C=O) groups excluding carboxylic acids is 1. The van der Waals surface area contributed by atoms with Crippen LogP contribution in [0.15, 0.2) is 46.3 Å². The van der Waals surface area contributed by atoms with Crippen LogP contribution in [-0.4, -0.2) is 21.2 Å². The summed E-state index contributed by atoms with van der Waals surface area (Å²) in [5.74, 6) is 0.0662. The zero-order chi connectivity index (χ0) is 18.8. The van der Waals surface area contributed by atoms with E-state index >= 15 is 0 Å². The van der Waals surface area contributed by atoms with Crippen molar-refractivity contribution in [2.24, 2.45) is 7.05 Å². The molecule has 26 heavy (non-hydrogen) atoms. The third-order valence-corrected chi connectivity index (χ3v) is 5.30. The highest BCUT2D eigenvalue weighted by Gasteiger charge is 2.12. The first-order chi connectivity index (χ1) is 12.4. The lowest BCUT2D eigenvalue weighted by Gasteiger charge is -2.12. The summed E-state index contributed by atoms with van der Waals surface area (Å²) in [6, 6.07) is 11.5. The van der Waals surface area contributed by atoms with Gasteiger partial charge in [0.2, 0.25) is 5.91 Å². The van der Waals surface area contributed by atoms with E-state index in [9.17, 15) is 9.59 Å². The van der Waals surface area contributed by atoms with Gasteiger partial charge < -0.3 is 5.32 Å². The van der Waals surface area contributed by atoms with Crippen LogP contribution >= 0.6 is 11.8 Å². The first-order valence-corrected chi connectivity index (χ1v) is 9.31. The number of rotatable bonds is 4. The summed E-state index contributed by atoms with van der Waals surface area (Å²) < 4.78 is 1.50. The van der Waals surface area contributed by atoms with E-state index in [1.165, 1.54) is 16.3 Å². The Morgan fingerprint density at radius 3 is 2.54 bits per heavy atom. The molecular weight excluding hydrogens is 346 g/mol. The van der Waals surface area contributed by atoms with Crippen LogP contribution in [0.3, 0.4) is 0 Å². The first kappa shape index (κ1) is 18.2. The second kappa shape index (κ2) is 7.33. The number of fused-ring (bicyclic) bond motifs is 1. The number of aromatic nitrogens is 2. The number of carbonyl (C=O) groups is 1. The van der Waals surface area contributed by atoms with Crippen LogP contribution in [0.5, 0.6) is 0 Å². The van der Waals surface area contributed by atoms with Crippen molar-refractivity contribution in [3.63, 3.8) is 0 Å². The molecule has 0 aliphatic heterocycles. The lowest BCUT2D eigenvalue weighted by molar-refractivity contribution is -0.113. The molecule has 1 aromatic heterocycles. The lowest BCUT2D eigenvalue weighted by Crippen LogP contribution is -2.21. The fraction of sp³-hybridized carbons (Fsp3) is 0.250. The number of nitrogens with one attached hydrogen (secondary N) is 1. The summed E-state index contributed by atoms with van der Waals surface area (Å²) in [6.07, 6.45) is 0. The minimum absolute atomic E-state index is 0.101. The molecule has 6 heteroatoms. The summed E-state index contributed by atoms with van der Waals surface area (Å²) in [5.41, 5.74) is 4.45. The monoisotopic (exact) mass is 367 g/mol. The molecule has 134 valence electrons. The molecule has 1 heterocycles. The number of benzene rings is 2. The highest BCUT2D eigenvalue weighted by atomic mass is 32.2. The zero-order valence-electron chi connectivity index (χ0n) is 15.3. The van der Waals surface area contributed by atoms with Gasteiger partial charge in [-0.25, -0.2) is 4.98 Å². The Kier molecular flexibility index (Phi) is 5.13. The highest BCUT2D eigenvalue weighted by molar-refractivity contribution is 7.99. The minimum atomic E-state index is -0.120. The molecule has 0 saturated carbocycles. The molecule has 3 rings (SSSR count). The van der Waals surface area contributed by atoms with Crippen LogP contribution in [-0.2, 0) is 11.8 Å². The maximum absolute atomic E-state index is 12.5. The van der Waals surface area contributed by atoms with Gasteiger partial charge in [-0.15, -0.1) is 0 Å². The summed E-state index contributed by atoms with van der Waals surface area (Å²) in [5, 5.41) is 4.08. The molecule has 0 aliphatic rings. The second-order valence-electron chi connectivity index (χ2n) is 6.38. The van der Waals surface area contributed by atoms with Gasteiger partial charge in [-0.05, 0) is 44.0 Å². The predicted octanol–water partition coefficient (Wildman–Crippen LogP) is 3.59. The van der Waals surface area contributed by atoms with Crippen molar-refractivity contribution < 1.29 is 4.79 Å². The van der Waals surface area contributed by atoms with Gasteiger partial charge in [0.15, 0.2) is 5.16 Å². The number of amides is 1. The van der Waals surface area contributed by atoms with Crippen LogP contribution in [0.25, 0.3) is 10.9 Å². The number of thioether (sulfide) groups is 1.